The van der Waals surface area contributed by atoms with Crippen molar-refractivity contribution in [2.75, 3.05) is 47.5 Å². The molecule has 0 amide bonds. The summed E-state index contributed by atoms with van der Waals surface area (Å²) in [4.78, 5) is 37.7. The van der Waals surface area contributed by atoms with Crippen LogP contribution in [-0.4, -0.2) is 70.0 Å². The maximum Gasteiger partial charge on any atom is 0.310 e. The zero-order valence-electron chi connectivity index (χ0n) is 46.9. The molecular formula is C61H112NO8P. The van der Waals surface area contributed by atoms with Crippen molar-refractivity contribution in [1.29, 1.82) is 0 Å². The Labute approximate surface area is 438 Å². The molecule has 0 saturated heterocycles. The molecule has 0 bridgehead atoms. The molecule has 0 aliphatic heterocycles. The molecule has 0 N–H and O–H groups in total. The second kappa shape index (κ2) is 52.6. The number of carbonyl (C=O) groups excluding carboxylic acids is 2. The van der Waals surface area contributed by atoms with Gasteiger partial charge in [-0.2, -0.15) is 0 Å². The highest BCUT2D eigenvalue weighted by Gasteiger charge is 2.21. The molecule has 0 aromatic heterocycles. The summed E-state index contributed by atoms with van der Waals surface area (Å²) < 4.78 is 33.9. The minimum atomic E-state index is -4.66. The topological polar surface area (TPSA) is 111 Å². The molecule has 0 spiro atoms. The third kappa shape index (κ3) is 56.9. The van der Waals surface area contributed by atoms with Crippen LogP contribution in [0.15, 0.2) is 60.8 Å². The van der Waals surface area contributed by atoms with Crippen molar-refractivity contribution in [3.63, 3.8) is 0 Å². The maximum atomic E-state index is 12.7. The monoisotopic (exact) mass is 1020 g/mol. The van der Waals surface area contributed by atoms with E-state index in [0.29, 0.717) is 17.4 Å². The van der Waals surface area contributed by atoms with Gasteiger partial charge in [-0.1, -0.05) is 274 Å². The predicted molar refractivity (Wildman–Crippen MR) is 300 cm³/mol. The van der Waals surface area contributed by atoms with Gasteiger partial charge in [-0.25, -0.2) is 0 Å². The SMILES string of the molecule is CC/C=C\C/C=C\C/C=C\C/C=C\C/C=C\CC(=O)OC(COC(=O)CCCCCCCCCCCCCCCCCCCCCCCCCCCCCCCCCC)COP(=O)([O-])OCC[N+](C)(C)C. The smallest absolute Gasteiger partial charge is 0.310 e. The van der Waals surface area contributed by atoms with Gasteiger partial charge in [0.15, 0.2) is 6.10 Å². The van der Waals surface area contributed by atoms with Crippen molar-refractivity contribution in [2.24, 2.45) is 0 Å². The van der Waals surface area contributed by atoms with E-state index in [1.807, 2.05) is 33.3 Å². The fourth-order valence-corrected chi connectivity index (χ4v) is 9.05. The number of rotatable bonds is 54. The lowest BCUT2D eigenvalue weighted by molar-refractivity contribution is -0.870. The first-order valence-corrected chi connectivity index (χ1v) is 31.0. The average Bonchev–Trinajstić information content (AvgIpc) is 3.33. The summed E-state index contributed by atoms with van der Waals surface area (Å²) in [7, 11) is 1.11. The number of nitrogens with zero attached hydrogens (tertiary/aromatic N) is 1. The number of quaternary nitrogens is 1. The van der Waals surface area contributed by atoms with Crippen LogP contribution in [0.2, 0.25) is 0 Å². The number of phosphoric acid groups is 1. The lowest BCUT2D eigenvalue weighted by Crippen LogP contribution is -2.37. The third-order valence-corrected chi connectivity index (χ3v) is 13.8. The standard InChI is InChI=1S/C61H112NO8P/c1-6-8-10-12-14-16-18-20-22-23-24-25-26-27-28-29-30-31-32-33-34-35-36-37-38-40-41-43-45-47-49-51-53-60(63)67-57-59(58-69-71(65,66)68-56-55-62(3,4)5)70-61(64)54-52-50-48-46-44-42-39-21-19-17-15-13-11-9-7-2/h9,11,15,17,21,39,44,46,50,52,59H,6-8,10,12-14,16,18-20,22-38,40-43,45,47-49,51,53-58H2,1-5H3/b11-9-,17-15-,39-21-,46-44-,52-50-. The van der Waals surface area contributed by atoms with Gasteiger partial charge in [0.25, 0.3) is 7.82 Å². The molecule has 0 aliphatic rings. The van der Waals surface area contributed by atoms with E-state index in [1.165, 1.54) is 186 Å². The Morgan fingerprint density at radius 2 is 0.789 bits per heavy atom. The molecule has 0 aliphatic carbocycles. The highest BCUT2D eigenvalue weighted by atomic mass is 31.2. The van der Waals surface area contributed by atoms with Gasteiger partial charge < -0.3 is 27.9 Å². The van der Waals surface area contributed by atoms with Crippen LogP contribution in [-0.2, 0) is 32.7 Å². The van der Waals surface area contributed by atoms with E-state index in [-0.39, 0.29) is 26.1 Å². The fraction of sp³-hybridized carbons (Fsp3) is 0.803. The number of hydrogen-bond acceptors (Lipinski definition) is 8. The normalized spacial score (nSPS) is 13.7. The lowest BCUT2D eigenvalue weighted by Gasteiger charge is -2.28. The van der Waals surface area contributed by atoms with Crippen molar-refractivity contribution < 1.29 is 42.1 Å². The number of ether oxygens (including phenoxy) is 2. The molecule has 0 saturated carbocycles. The Hall–Kier alpha value is -2.29. The average molecular weight is 1020 g/mol. The lowest BCUT2D eigenvalue weighted by atomic mass is 10.0. The van der Waals surface area contributed by atoms with Crippen LogP contribution in [0, 0.1) is 0 Å². The van der Waals surface area contributed by atoms with Gasteiger partial charge in [0.05, 0.1) is 34.2 Å². The van der Waals surface area contributed by atoms with E-state index < -0.39 is 32.5 Å². The summed E-state index contributed by atoms with van der Waals surface area (Å²) in [6.45, 7) is 4.03. The second-order valence-electron chi connectivity index (χ2n) is 21.0. The number of carbonyl (C=O) groups is 2. The summed E-state index contributed by atoms with van der Waals surface area (Å²) in [6.07, 6.45) is 67.7. The first kappa shape index (κ1) is 68.7. The molecule has 2 atom stereocenters. The third-order valence-electron chi connectivity index (χ3n) is 12.8. The van der Waals surface area contributed by atoms with Crippen LogP contribution in [0.5, 0.6) is 0 Å². The van der Waals surface area contributed by atoms with Gasteiger partial charge in [0.2, 0.25) is 0 Å². The summed E-state index contributed by atoms with van der Waals surface area (Å²) in [5, 5.41) is 0. The molecule has 2 unspecified atom stereocenters. The minimum absolute atomic E-state index is 0.00724. The number of allylic oxidation sites excluding steroid dienone is 9. The number of likely N-dealkylation sites (N-methyl/N-ethyl adjacent to an activating group) is 1. The minimum Gasteiger partial charge on any atom is -0.756 e. The summed E-state index contributed by atoms with van der Waals surface area (Å²) >= 11 is 0. The van der Waals surface area contributed by atoms with E-state index in [2.05, 4.69) is 56.4 Å². The largest absolute Gasteiger partial charge is 0.756 e. The molecule has 0 aromatic rings. The molecular weight excluding hydrogens is 906 g/mol. The second-order valence-corrected chi connectivity index (χ2v) is 22.4. The molecule has 71 heavy (non-hydrogen) atoms. The van der Waals surface area contributed by atoms with Gasteiger partial charge in [-0.15, -0.1) is 0 Å². The zero-order chi connectivity index (χ0) is 52.0. The number of hydrogen-bond donors (Lipinski definition) is 0. The molecule has 10 heteroatoms. The van der Waals surface area contributed by atoms with Gasteiger partial charge in [0.1, 0.15) is 19.8 Å². The highest BCUT2D eigenvalue weighted by Crippen LogP contribution is 2.38. The van der Waals surface area contributed by atoms with Crippen LogP contribution in [0.1, 0.15) is 264 Å². The van der Waals surface area contributed by atoms with E-state index in [0.717, 1.165) is 44.9 Å². The highest BCUT2D eigenvalue weighted by molar-refractivity contribution is 7.45. The van der Waals surface area contributed by atoms with Crippen LogP contribution in [0.3, 0.4) is 0 Å². The quantitative estimate of drug-likeness (QED) is 0.0195. The molecule has 0 rings (SSSR count). The summed E-state index contributed by atoms with van der Waals surface area (Å²) in [5.41, 5.74) is 0. The van der Waals surface area contributed by atoms with E-state index in [1.54, 1.807) is 6.08 Å². The van der Waals surface area contributed by atoms with Crippen molar-refractivity contribution in [1.82, 2.24) is 0 Å². The Kier molecular flexibility index (Phi) is 50.9. The molecule has 0 fully saturated rings. The fourth-order valence-electron chi connectivity index (χ4n) is 8.32. The van der Waals surface area contributed by atoms with Crippen LogP contribution < -0.4 is 4.89 Å². The Bertz CT molecular complexity index is 1380. The number of unbranched alkanes of at least 4 members (excludes halogenated alkanes) is 31. The predicted octanol–water partition coefficient (Wildman–Crippen LogP) is 17.7. The van der Waals surface area contributed by atoms with Crippen molar-refractivity contribution in [3.05, 3.63) is 60.8 Å². The molecule has 0 heterocycles. The van der Waals surface area contributed by atoms with E-state index >= 15 is 0 Å². The first-order valence-electron chi connectivity index (χ1n) is 29.5. The van der Waals surface area contributed by atoms with Crippen LogP contribution >= 0.6 is 7.82 Å². The van der Waals surface area contributed by atoms with Gasteiger partial charge in [-0.3, -0.25) is 14.2 Å². The zero-order valence-corrected chi connectivity index (χ0v) is 47.8. The van der Waals surface area contributed by atoms with Crippen LogP contribution in [0.4, 0.5) is 0 Å². The Balaban J connectivity index is 4.04. The number of esters is 2. The molecule has 0 radical (unpaired) electrons. The molecule has 9 nitrogen and oxygen atoms in total. The summed E-state index contributed by atoms with van der Waals surface area (Å²) in [6, 6.07) is 0. The maximum absolute atomic E-state index is 12.7. The van der Waals surface area contributed by atoms with E-state index in [9.17, 15) is 19.0 Å². The van der Waals surface area contributed by atoms with Gasteiger partial charge >= 0.3 is 11.9 Å². The number of phosphoric ester groups is 1. The Morgan fingerprint density at radius 3 is 1.14 bits per heavy atom. The van der Waals surface area contributed by atoms with Crippen molar-refractivity contribution in [2.45, 2.75) is 270 Å². The molecule has 0 aromatic carbocycles. The van der Waals surface area contributed by atoms with E-state index in [4.69, 9.17) is 18.5 Å². The van der Waals surface area contributed by atoms with Crippen LogP contribution in [0.25, 0.3) is 0 Å². The molecule has 414 valence electrons. The first-order chi connectivity index (χ1) is 34.5. The van der Waals surface area contributed by atoms with Gasteiger partial charge in [0, 0.05) is 6.42 Å². The van der Waals surface area contributed by atoms with Crippen molar-refractivity contribution in [3.8, 4) is 0 Å². The van der Waals surface area contributed by atoms with Crippen molar-refractivity contribution >= 4 is 19.8 Å². The van der Waals surface area contributed by atoms with Gasteiger partial charge in [-0.05, 0) is 38.5 Å². The Morgan fingerprint density at radius 1 is 0.451 bits per heavy atom. The summed E-state index contributed by atoms with van der Waals surface area (Å²) in [5.74, 6) is -0.974.